The molecule has 4 nitrogen and oxygen atoms in total. The first-order chi connectivity index (χ1) is 16.2. The molecule has 1 heterocycles. The van der Waals surface area contributed by atoms with E-state index in [9.17, 15) is 9.90 Å². The summed E-state index contributed by atoms with van der Waals surface area (Å²) in [5, 5.41) is 12.1. The maximum absolute atomic E-state index is 11.8. The lowest BCUT2D eigenvalue weighted by Gasteiger charge is -2.40. The molecule has 3 atom stereocenters. The van der Waals surface area contributed by atoms with Gasteiger partial charge in [-0.1, -0.05) is 60.7 Å². The van der Waals surface area contributed by atoms with Crippen LogP contribution in [-0.4, -0.2) is 35.3 Å². The minimum Gasteiger partial charge on any atom is -0.465 e. The molecule has 0 bridgehead atoms. The highest BCUT2D eigenvalue weighted by Crippen LogP contribution is 2.47. The van der Waals surface area contributed by atoms with Gasteiger partial charge in [0.25, 0.3) is 0 Å². The van der Waals surface area contributed by atoms with E-state index in [4.69, 9.17) is 4.74 Å². The van der Waals surface area contributed by atoms with Gasteiger partial charge in [0.15, 0.2) is 0 Å². The minimum atomic E-state index is -0.856. The van der Waals surface area contributed by atoms with Crippen LogP contribution in [0.4, 0.5) is 4.79 Å². The van der Waals surface area contributed by atoms with E-state index in [1.54, 1.807) is 5.56 Å². The van der Waals surface area contributed by atoms with Crippen LogP contribution in [0.2, 0.25) is 0 Å². The number of carbonyl (C=O) groups is 1. The summed E-state index contributed by atoms with van der Waals surface area (Å²) in [4.78, 5) is 13.3. The molecule has 3 aromatic rings. The highest BCUT2D eigenvalue weighted by atomic mass is 16.5. The molecule has 0 radical (unpaired) electrons. The molecule has 3 aliphatic rings. The lowest BCUT2D eigenvalue weighted by atomic mass is 9.75. The SMILES string of the molecule is O=C(O)N1CCC(C2=CCC3CCc4cccc2c43)C(OCc2ccc3ccccc3c2)C1. The number of amides is 1. The topological polar surface area (TPSA) is 49.8 Å². The van der Waals surface area contributed by atoms with Crippen molar-refractivity contribution in [3.05, 3.63) is 89.0 Å². The Morgan fingerprint density at radius 3 is 2.79 bits per heavy atom. The number of hydrogen-bond donors (Lipinski definition) is 1. The molecule has 168 valence electrons. The van der Waals surface area contributed by atoms with Gasteiger partial charge in [0.2, 0.25) is 0 Å². The first kappa shape index (κ1) is 20.5. The van der Waals surface area contributed by atoms with Gasteiger partial charge in [-0.25, -0.2) is 4.79 Å². The van der Waals surface area contributed by atoms with Gasteiger partial charge in [-0.2, -0.15) is 0 Å². The van der Waals surface area contributed by atoms with Crippen molar-refractivity contribution in [1.82, 2.24) is 4.90 Å². The molecule has 1 amide bonds. The van der Waals surface area contributed by atoms with Crippen LogP contribution in [0.5, 0.6) is 0 Å². The molecule has 1 fully saturated rings. The van der Waals surface area contributed by atoms with Gasteiger partial charge in [-0.3, -0.25) is 0 Å². The molecule has 6 rings (SSSR count). The highest BCUT2D eigenvalue weighted by molar-refractivity contribution is 5.83. The fourth-order valence-corrected chi connectivity index (χ4v) is 6.15. The minimum absolute atomic E-state index is 0.152. The van der Waals surface area contributed by atoms with Crippen molar-refractivity contribution in [2.24, 2.45) is 5.92 Å². The summed E-state index contributed by atoms with van der Waals surface area (Å²) in [6.45, 7) is 1.47. The van der Waals surface area contributed by atoms with Crippen LogP contribution in [0.3, 0.4) is 0 Å². The molecule has 1 N–H and O–H groups in total. The normalized spacial score (nSPS) is 23.9. The Bertz CT molecular complexity index is 1250. The van der Waals surface area contributed by atoms with Crippen LogP contribution in [0.25, 0.3) is 16.3 Å². The van der Waals surface area contributed by atoms with Crippen LogP contribution < -0.4 is 0 Å². The smallest absolute Gasteiger partial charge is 0.407 e. The van der Waals surface area contributed by atoms with Gasteiger partial charge in [-0.05, 0) is 76.3 Å². The van der Waals surface area contributed by atoms with Crippen molar-refractivity contribution in [3.8, 4) is 0 Å². The van der Waals surface area contributed by atoms with Gasteiger partial charge < -0.3 is 14.7 Å². The van der Waals surface area contributed by atoms with Crippen LogP contribution in [-0.2, 0) is 17.8 Å². The quantitative estimate of drug-likeness (QED) is 0.523. The van der Waals surface area contributed by atoms with E-state index in [0.717, 1.165) is 18.4 Å². The lowest BCUT2D eigenvalue weighted by Crippen LogP contribution is -2.47. The van der Waals surface area contributed by atoms with Gasteiger partial charge in [0, 0.05) is 12.5 Å². The van der Waals surface area contributed by atoms with Crippen molar-refractivity contribution in [2.75, 3.05) is 13.1 Å². The number of allylic oxidation sites excluding steroid dienone is 1. The van der Waals surface area contributed by atoms with Crippen molar-refractivity contribution < 1.29 is 14.6 Å². The number of carboxylic acid groups (broad SMARTS) is 1. The molecule has 4 heteroatoms. The first-order valence-corrected chi connectivity index (χ1v) is 12.1. The fourth-order valence-electron chi connectivity index (χ4n) is 6.15. The Morgan fingerprint density at radius 2 is 1.91 bits per heavy atom. The molecule has 2 aliphatic carbocycles. The predicted octanol–water partition coefficient (Wildman–Crippen LogP) is 6.24. The molecule has 1 saturated heterocycles. The van der Waals surface area contributed by atoms with E-state index in [2.05, 4.69) is 66.7 Å². The van der Waals surface area contributed by atoms with Gasteiger partial charge in [0.1, 0.15) is 0 Å². The van der Waals surface area contributed by atoms with Crippen molar-refractivity contribution in [2.45, 2.75) is 44.3 Å². The maximum Gasteiger partial charge on any atom is 0.407 e. The monoisotopic (exact) mass is 439 g/mol. The second kappa shape index (κ2) is 8.35. The maximum atomic E-state index is 11.8. The molecular weight excluding hydrogens is 410 g/mol. The zero-order valence-electron chi connectivity index (χ0n) is 18.7. The number of hydrogen-bond acceptors (Lipinski definition) is 2. The van der Waals surface area contributed by atoms with Gasteiger partial charge in [0.05, 0.1) is 19.3 Å². The molecular formula is C29H29NO3. The van der Waals surface area contributed by atoms with E-state index < -0.39 is 6.09 Å². The summed E-state index contributed by atoms with van der Waals surface area (Å²) in [6, 6.07) is 21.5. The third-order valence-corrected chi connectivity index (χ3v) is 7.81. The molecule has 0 aromatic heterocycles. The molecule has 3 unspecified atom stereocenters. The number of benzene rings is 3. The van der Waals surface area contributed by atoms with Crippen LogP contribution in [0.15, 0.2) is 66.7 Å². The standard InChI is InChI=1S/C29H29NO3/c31-29(32)30-15-14-25(24-13-12-22-11-10-21-6-3-7-26(24)28(21)22)27(17-30)33-18-19-8-9-20-4-1-2-5-23(20)16-19/h1-9,13,16,22,25,27H,10-12,14-15,17-18H2,(H,31,32). The zero-order chi connectivity index (χ0) is 22.4. The third kappa shape index (κ3) is 3.72. The molecule has 33 heavy (non-hydrogen) atoms. The summed E-state index contributed by atoms with van der Waals surface area (Å²) in [5.74, 6) is 0.866. The van der Waals surface area contributed by atoms with Gasteiger partial charge >= 0.3 is 6.09 Å². The number of nitrogens with zero attached hydrogens (tertiary/aromatic N) is 1. The second-order valence-electron chi connectivity index (χ2n) is 9.66. The Hall–Kier alpha value is -3.11. The average molecular weight is 440 g/mol. The van der Waals surface area contributed by atoms with E-state index in [1.807, 2.05) is 0 Å². The summed E-state index contributed by atoms with van der Waals surface area (Å²) in [5.41, 5.74) is 6.93. The number of fused-ring (bicyclic) bond motifs is 1. The predicted molar refractivity (Wildman–Crippen MR) is 130 cm³/mol. The summed E-state index contributed by atoms with van der Waals surface area (Å²) in [7, 11) is 0. The van der Waals surface area contributed by atoms with Crippen molar-refractivity contribution >= 4 is 22.4 Å². The second-order valence-corrected chi connectivity index (χ2v) is 9.66. The molecule has 1 aliphatic heterocycles. The number of ether oxygens (including phenoxy) is 1. The molecule has 0 spiro atoms. The Balaban J connectivity index is 1.28. The number of rotatable bonds is 4. The van der Waals surface area contributed by atoms with E-state index >= 15 is 0 Å². The summed E-state index contributed by atoms with van der Waals surface area (Å²) in [6.07, 6.45) is 5.73. The Labute approximate surface area is 194 Å². The average Bonchev–Trinajstić information content (AvgIpc) is 3.27. The fraction of sp³-hybridized carbons (Fsp3) is 0.345. The highest BCUT2D eigenvalue weighted by Gasteiger charge is 2.38. The van der Waals surface area contributed by atoms with Crippen LogP contribution >= 0.6 is 0 Å². The van der Waals surface area contributed by atoms with Crippen molar-refractivity contribution in [3.63, 3.8) is 0 Å². The number of piperidine rings is 1. The lowest BCUT2D eigenvalue weighted by molar-refractivity contribution is -0.0259. The number of likely N-dealkylation sites (tertiary alicyclic amines) is 1. The van der Waals surface area contributed by atoms with E-state index in [-0.39, 0.29) is 12.0 Å². The Kier molecular flexibility index (Phi) is 5.18. The van der Waals surface area contributed by atoms with E-state index in [0.29, 0.717) is 25.6 Å². The third-order valence-electron chi connectivity index (χ3n) is 7.81. The van der Waals surface area contributed by atoms with E-state index in [1.165, 1.54) is 45.2 Å². The Morgan fingerprint density at radius 1 is 1.03 bits per heavy atom. The van der Waals surface area contributed by atoms with Gasteiger partial charge in [-0.15, -0.1) is 0 Å². The molecule has 3 aromatic carbocycles. The zero-order valence-corrected chi connectivity index (χ0v) is 18.7. The van der Waals surface area contributed by atoms with Crippen LogP contribution in [0.1, 0.15) is 47.4 Å². The van der Waals surface area contributed by atoms with Crippen molar-refractivity contribution in [1.29, 1.82) is 0 Å². The first-order valence-electron chi connectivity index (χ1n) is 12.1. The summed E-state index contributed by atoms with van der Waals surface area (Å²) >= 11 is 0. The largest absolute Gasteiger partial charge is 0.465 e. The van der Waals surface area contributed by atoms with Crippen LogP contribution in [0, 0.1) is 5.92 Å². The summed E-state index contributed by atoms with van der Waals surface area (Å²) < 4.78 is 6.51. The molecule has 0 saturated carbocycles. The number of aryl methyl sites for hydroxylation is 1.